The third-order valence-electron chi connectivity index (χ3n) is 3.21. The van der Waals surface area contributed by atoms with Crippen molar-refractivity contribution in [1.29, 1.82) is 0 Å². The maximum Gasteiger partial charge on any atom is 0.253 e. The van der Waals surface area contributed by atoms with Gasteiger partial charge in [-0.2, -0.15) is 0 Å². The summed E-state index contributed by atoms with van der Waals surface area (Å²) in [5.74, 6) is -0.0384. The Hall–Kier alpha value is -1.84. The van der Waals surface area contributed by atoms with Crippen molar-refractivity contribution in [3.8, 4) is 0 Å². The van der Waals surface area contributed by atoms with E-state index >= 15 is 0 Å². The minimum absolute atomic E-state index is 0.0633. The van der Waals surface area contributed by atoms with E-state index in [0.717, 1.165) is 25.9 Å². The lowest BCUT2D eigenvalue weighted by molar-refractivity contribution is 0.0792. The molecule has 1 heterocycles. The summed E-state index contributed by atoms with van der Waals surface area (Å²) in [6, 6.07) is 6.99. The van der Waals surface area contributed by atoms with Crippen LogP contribution in [-0.2, 0) is 0 Å². The summed E-state index contributed by atoms with van der Waals surface area (Å²) in [6.45, 7) is 5.52. The van der Waals surface area contributed by atoms with Crippen LogP contribution in [0.25, 0.3) is 0 Å². The van der Waals surface area contributed by atoms with Crippen LogP contribution in [0.15, 0.2) is 24.3 Å². The molecule has 1 aromatic rings. The zero-order valence-corrected chi connectivity index (χ0v) is 11.5. The van der Waals surface area contributed by atoms with Gasteiger partial charge in [-0.25, -0.2) is 0 Å². The summed E-state index contributed by atoms with van der Waals surface area (Å²) in [5.41, 5.74) is 1.25. The van der Waals surface area contributed by atoms with Crippen LogP contribution in [0.4, 0.5) is 0 Å². The molecule has 0 bridgehead atoms. The Labute approximate surface area is 113 Å². The fourth-order valence-electron chi connectivity index (χ4n) is 2.21. The number of benzene rings is 1. The highest BCUT2D eigenvalue weighted by Gasteiger charge is 2.19. The highest BCUT2D eigenvalue weighted by atomic mass is 16.2. The number of hydrogen-bond acceptors (Lipinski definition) is 2. The highest BCUT2D eigenvalue weighted by Crippen LogP contribution is 2.13. The maximum absolute atomic E-state index is 12.1. The molecule has 19 heavy (non-hydrogen) atoms. The number of amides is 2. The Balaban J connectivity index is 2.05. The topological polar surface area (TPSA) is 49.4 Å². The van der Waals surface area contributed by atoms with E-state index in [2.05, 4.69) is 5.32 Å². The molecule has 1 N–H and O–H groups in total. The first kappa shape index (κ1) is 13.6. The third kappa shape index (κ3) is 3.34. The molecule has 1 aliphatic heterocycles. The lowest BCUT2D eigenvalue weighted by Crippen LogP contribution is -2.30. The SMILES string of the molecule is CC(C)NC(=O)c1ccc(C(=O)N2CCCC2)cc1. The average molecular weight is 260 g/mol. The van der Waals surface area contributed by atoms with E-state index in [1.54, 1.807) is 24.3 Å². The van der Waals surface area contributed by atoms with Crippen molar-refractivity contribution < 1.29 is 9.59 Å². The summed E-state index contributed by atoms with van der Waals surface area (Å²) in [7, 11) is 0. The van der Waals surface area contributed by atoms with Crippen molar-refractivity contribution in [2.75, 3.05) is 13.1 Å². The monoisotopic (exact) mass is 260 g/mol. The molecule has 0 aliphatic carbocycles. The summed E-state index contributed by atoms with van der Waals surface area (Å²) in [6.07, 6.45) is 2.17. The Morgan fingerprint density at radius 3 is 2.11 bits per heavy atom. The quantitative estimate of drug-likeness (QED) is 0.904. The van der Waals surface area contributed by atoms with E-state index in [9.17, 15) is 9.59 Å². The van der Waals surface area contributed by atoms with E-state index < -0.39 is 0 Å². The zero-order chi connectivity index (χ0) is 13.8. The molecule has 0 unspecified atom stereocenters. The van der Waals surface area contributed by atoms with Crippen LogP contribution >= 0.6 is 0 Å². The molecule has 4 heteroatoms. The Bertz CT molecular complexity index is 460. The number of nitrogens with zero attached hydrogens (tertiary/aromatic N) is 1. The molecule has 2 rings (SSSR count). The fraction of sp³-hybridized carbons (Fsp3) is 0.467. The van der Waals surface area contributed by atoms with Crippen molar-refractivity contribution in [3.63, 3.8) is 0 Å². The van der Waals surface area contributed by atoms with Crippen molar-refractivity contribution >= 4 is 11.8 Å². The predicted molar refractivity (Wildman–Crippen MR) is 74.2 cm³/mol. The number of carbonyl (C=O) groups is 2. The van der Waals surface area contributed by atoms with Gasteiger partial charge >= 0.3 is 0 Å². The third-order valence-corrected chi connectivity index (χ3v) is 3.21. The van der Waals surface area contributed by atoms with E-state index in [4.69, 9.17) is 0 Å². The lowest BCUT2D eigenvalue weighted by Gasteiger charge is -2.15. The Kier molecular flexibility index (Phi) is 4.20. The zero-order valence-electron chi connectivity index (χ0n) is 11.5. The van der Waals surface area contributed by atoms with Gasteiger partial charge in [-0.3, -0.25) is 9.59 Å². The fourth-order valence-corrected chi connectivity index (χ4v) is 2.21. The number of hydrogen-bond donors (Lipinski definition) is 1. The van der Waals surface area contributed by atoms with Gasteiger partial charge in [0, 0.05) is 30.3 Å². The number of carbonyl (C=O) groups excluding carboxylic acids is 2. The molecule has 0 radical (unpaired) electrons. The summed E-state index contributed by atoms with van der Waals surface area (Å²) in [4.78, 5) is 25.8. The van der Waals surface area contributed by atoms with Crippen LogP contribution in [-0.4, -0.2) is 35.8 Å². The minimum atomic E-state index is -0.102. The smallest absolute Gasteiger partial charge is 0.253 e. The molecule has 4 nitrogen and oxygen atoms in total. The second-order valence-electron chi connectivity index (χ2n) is 5.20. The van der Waals surface area contributed by atoms with Gasteiger partial charge in [0.15, 0.2) is 0 Å². The number of rotatable bonds is 3. The van der Waals surface area contributed by atoms with Gasteiger partial charge in [-0.15, -0.1) is 0 Å². The molecule has 102 valence electrons. The van der Waals surface area contributed by atoms with Gasteiger partial charge in [0.05, 0.1) is 0 Å². The second-order valence-corrected chi connectivity index (χ2v) is 5.20. The normalized spacial score (nSPS) is 14.8. The summed E-state index contributed by atoms with van der Waals surface area (Å²) < 4.78 is 0. The predicted octanol–water partition coefficient (Wildman–Crippen LogP) is 2.06. The van der Waals surface area contributed by atoms with E-state index in [1.165, 1.54) is 0 Å². The van der Waals surface area contributed by atoms with Gasteiger partial charge < -0.3 is 10.2 Å². The van der Waals surface area contributed by atoms with Crippen LogP contribution in [0.2, 0.25) is 0 Å². The molecule has 0 spiro atoms. The average Bonchev–Trinajstić information content (AvgIpc) is 2.91. The van der Waals surface area contributed by atoms with Crippen LogP contribution < -0.4 is 5.32 Å². The molecule has 0 atom stereocenters. The van der Waals surface area contributed by atoms with Crippen LogP contribution in [0.1, 0.15) is 47.4 Å². The standard InChI is InChI=1S/C15H20N2O2/c1-11(2)16-14(18)12-5-7-13(8-6-12)15(19)17-9-3-4-10-17/h5-8,11H,3-4,9-10H2,1-2H3,(H,16,18). The van der Waals surface area contributed by atoms with Crippen LogP contribution in [0, 0.1) is 0 Å². The van der Waals surface area contributed by atoms with Crippen LogP contribution in [0.5, 0.6) is 0 Å². The molecule has 0 saturated carbocycles. The molecule has 1 saturated heterocycles. The lowest BCUT2D eigenvalue weighted by atomic mass is 10.1. The molecule has 1 aliphatic rings. The molecular formula is C15H20N2O2. The van der Waals surface area contributed by atoms with Crippen LogP contribution in [0.3, 0.4) is 0 Å². The summed E-state index contributed by atoms with van der Waals surface area (Å²) >= 11 is 0. The largest absolute Gasteiger partial charge is 0.350 e. The Morgan fingerprint density at radius 1 is 1.05 bits per heavy atom. The van der Waals surface area contributed by atoms with Gasteiger partial charge in [0.25, 0.3) is 11.8 Å². The Morgan fingerprint density at radius 2 is 1.58 bits per heavy atom. The van der Waals surface area contributed by atoms with Crippen molar-refractivity contribution in [1.82, 2.24) is 10.2 Å². The highest BCUT2D eigenvalue weighted by molar-refractivity contribution is 5.97. The second kappa shape index (κ2) is 5.87. The molecule has 2 amide bonds. The van der Waals surface area contributed by atoms with Crippen molar-refractivity contribution in [3.05, 3.63) is 35.4 Å². The first-order valence-corrected chi connectivity index (χ1v) is 6.78. The van der Waals surface area contributed by atoms with Gasteiger partial charge in [0.2, 0.25) is 0 Å². The van der Waals surface area contributed by atoms with Gasteiger partial charge in [-0.05, 0) is 51.0 Å². The molecular weight excluding hydrogens is 240 g/mol. The number of likely N-dealkylation sites (tertiary alicyclic amines) is 1. The maximum atomic E-state index is 12.1. The van der Waals surface area contributed by atoms with Crippen molar-refractivity contribution in [2.45, 2.75) is 32.7 Å². The first-order valence-electron chi connectivity index (χ1n) is 6.78. The van der Waals surface area contributed by atoms with Gasteiger partial charge in [-0.1, -0.05) is 0 Å². The summed E-state index contributed by atoms with van der Waals surface area (Å²) in [5, 5.41) is 2.83. The first-order chi connectivity index (χ1) is 9.08. The minimum Gasteiger partial charge on any atom is -0.350 e. The van der Waals surface area contributed by atoms with Crippen molar-refractivity contribution in [2.24, 2.45) is 0 Å². The number of nitrogens with one attached hydrogen (secondary N) is 1. The molecule has 1 aromatic carbocycles. The van der Waals surface area contributed by atoms with Gasteiger partial charge in [0.1, 0.15) is 0 Å². The van der Waals surface area contributed by atoms with E-state index in [1.807, 2.05) is 18.7 Å². The molecule has 0 aromatic heterocycles. The van der Waals surface area contributed by atoms with E-state index in [-0.39, 0.29) is 17.9 Å². The van der Waals surface area contributed by atoms with E-state index in [0.29, 0.717) is 11.1 Å². The molecule has 1 fully saturated rings.